The SMILES string of the molecule is CN(CCCC(C)(C)CCN)CC1CCC1. The Morgan fingerprint density at radius 2 is 1.94 bits per heavy atom. The van der Waals surface area contributed by atoms with Crippen molar-refractivity contribution in [2.45, 2.75) is 52.4 Å². The molecule has 1 rings (SSSR count). The van der Waals surface area contributed by atoms with Crippen molar-refractivity contribution < 1.29 is 0 Å². The van der Waals surface area contributed by atoms with Gasteiger partial charge in [0.25, 0.3) is 0 Å². The summed E-state index contributed by atoms with van der Waals surface area (Å²) >= 11 is 0. The van der Waals surface area contributed by atoms with E-state index in [1.54, 1.807) is 0 Å². The van der Waals surface area contributed by atoms with Gasteiger partial charge in [0, 0.05) is 6.54 Å². The first-order valence-electron chi connectivity index (χ1n) is 6.92. The topological polar surface area (TPSA) is 29.3 Å². The second kappa shape index (κ2) is 6.61. The fourth-order valence-electron chi connectivity index (χ4n) is 2.55. The normalized spacial score (nSPS) is 17.8. The largest absolute Gasteiger partial charge is 0.330 e. The van der Waals surface area contributed by atoms with Crippen molar-refractivity contribution in [2.75, 3.05) is 26.7 Å². The van der Waals surface area contributed by atoms with Crippen molar-refractivity contribution in [3.05, 3.63) is 0 Å². The van der Waals surface area contributed by atoms with Crippen LogP contribution in [-0.4, -0.2) is 31.6 Å². The van der Waals surface area contributed by atoms with Gasteiger partial charge in [-0.15, -0.1) is 0 Å². The zero-order valence-electron chi connectivity index (χ0n) is 11.5. The number of rotatable bonds is 8. The zero-order chi connectivity index (χ0) is 12.0. The molecule has 0 atom stereocenters. The van der Waals surface area contributed by atoms with Crippen LogP contribution >= 0.6 is 0 Å². The Morgan fingerprint density at radius 3 is 2.44 bits per heavy atom. The number of nitrogens with two attached hydrogens (primary N) is 1. The summed E-state index contributed by atoms with van der Waals surface area (Å²) in [6.45, 7) is 8.07. The highest BCUT2D eigenvalue weighted by Crippen LogP contribution is 2.28. The van der Waals surface area contributed by atoms with Gasteiger partial charge in [0.05, 0.1) is 0 Å². The number of hydrogen-bond acceptors (Lipinski definition) is 2. The molecule has 16 heavy (non-hydrogen) atoms. The van der Waals surface area contributed by atoms with Crippen LogP contribution in [-0.2, 0) is 0 Å². The van der Waals surface area contributed by atoms with Crippen LogP contribution in [0.15, 0.2) is 0 Å². The Morgan fingerprint density at radius 1 is 1.25 bits per heavy atom. The van der Waals surface area contributed by atoms with Crippen LogP contribution in [0.1, 0.15) is 52.4 Å². The lowest BCUT2D eigenvalue weighted by Gasteiger charge is -2.31. The van der Waals surface area contributed by atoms with E-state index < -0.39 is 0 Å². The zero-order valence-corrected chi connectivity index (χ0v) is 11.5. The molecule has 1 fully saturated rings. The molecule has 96 valence electrons. The maximum atomic E-state index is 5.63. The summed E-state index contributed by atoms with van der Waals surface area (Å²) in [5, 5.41) is 0. The summed E-state index contributed by atoms with van der Waals surface area (Å²) in [6.07, 6.45) is 8.16. The smallest absolute Gasteiger partial charge is 0.000661 e. The predicted octanol–water partition coefficient (Wildman–Crippen LogP) is 2.87. The van der Waals surface area contributed by atoms with E-state index in [4.69, 9.17) is 5.73 Å². The van der Waals surface area contributed by atoms with Crippen LogP contribution in [0.25, 0.3) is 0 Å². The minimum Gasteiger partial charge on any atom is -0.330 e. The molecule has 0 aromatic heterocycles. The third-order valence-electron chi connectivity index (χ3n) is 4.01. The van der Waals surface area contributed by atoms with Crippen molar-refractivity contribution >= 4 is 0 Å². The first-order valence-corrected chi connectivity index (χ1v) is 6.92. The molecule has 0 unspecified atom stereocenters. The lowest BCUT2D eigenvalue weighted by atomic mass is 9.84. The summed E-state index contributed by atoms with van der Waals surface area (Å²) in [5.74, 6) is 1.00. The van der Waals surface area contributed by atoms with E-state index in [2.05, 4.69) is 25.8 Å². The lowest BCUT2D eigenvalue weighted by molar-refractivity contribution is 0.193. The second-order valence-corrected chi connectivity index (χ2v) is 6.37. The third kappa shape index (κ3) is 5.31. The molecule has 2 heteroatoms. The van der Waals surface area contributed by atoms with Gasteiger partial charge in [-0.3, -0.25) is 0 Å². The Kier molecular flexibility index (Phi) is 5.77. The second-order valence-electron chi connectivity index (χ2n) is 6.37. The molecule has 0 aromatic carbocycles. The van der Waals surface area contributed by atoms with Crippen LogP contribution in [0.2, 0.25) is 0 Å². The molecule has 0 aromatic rings. The molecule has 2 nitrogen and oxygen atoms in total. The van der Waals surface area contributed by atoms with Crippen molar-refractivity contribution in [3.8, 4) is 0 Å². The fourth-order valence-corrected chi connectivity index (χ4v) is 2.55. The molecule has 0 spiro atoms. The van der Waals surface area contributed by atoms with E-state index in [-0.39, 0.29) is 0 Å². The maximum Gasteiger partial charge on any atom is 0.000661 e. The van der Waals surface area contributed by atoms with Crippen molar-refractivity contribution in [1.29, 1.82) is 0 Å². The van der Waals surface area contributed by atoms with Gasteiger partial charge in [0.2, 0.25) is 0 Å². The van der Waals surface area contributed by atoms with Gasteiger partial charge in [0.15, 0.2) is 0 Å². The van der Waals surface area contributed by atoms with Crippen LogP contribution in [0.3, 0.4) is 0 Å². The first kappa shape index (κ1) is 14.0. The van der Waals surface area contributed by atoms with Crippen LogP contribution < -0.4 is 5.73 Å². The number of hydrogen-bond donors (Lipinski definition) is 1. The minimum atomic E-state index is 0.437. The quantitative estimate of drug-likeness (QED) is 0.689. The molecule has 1 saturated carbocycles. The summed E-state index contributed by atoms with van der Waals surface area (Å²) in [6, 6.07) is 0. The van der Waals surface area contributed by atoms with E-state index in [9.17, 15) is 0 Å². The highest BCUT2D eigenvalue weighted by atomic mass is 15.1. The maximum absolute atomic E-state index is 5.63. The van der Waals surface area contributed by atoms with Gasteiger partial charge >= 0.3 is 0 Å². The van der Waals surface area contributed by atoms with E-state index in [0.717, 1.165) is 18.9 Å². The van der Waals surface area contributed by atoms with Gasteiger partial charge in [-0.25, -0.2) is 0 Å². The van der Waals surface area contributed by atoms with Gasteiger partial charge in [-0.2, -0.15) is 0 Å². The average molecular weight is 226 g/mol. The van der Waals surface area contributed by atoms with E-state index in [1.807, 2.05) is 0 Å². The first-order chi connectivity index (χ1) is 7.53. The van der Waals surface area contributed by atoms with Gasteiger partial charge in [0.1, 0.15) is 0 Å². The monoisotopic (exact) mass is 226 g/mol. The Labute approximate surface area is 102 Å². The van der Waals surface area contributed by atoms with E-state index >= 15 is 0 Å². The highest BCUT2D eigenvalue weighted by Gasteiger charge is 2.20. The van der Waals surface area contributed by atoms with Gasteiger partial charge in [-0.05, 0) is 63.6 Å². The average Bonchev–Trinajstić information content (AvgIpc) is 2.11. The summed E-state index contributed by atoms with van der Waals surface area (Å²) in [5.41, 5.74) is 6.06. The van der Waals surface area contributed by atoms with E-state index in [1.165, 1.54) is 45.2 Å². The van der Waals surface area contributed by atoms with Crippen molar-refractivity contribution in [2.24, 2.45) is 17.1 Å². The molecule has 0 aliphatic heterocycles. The molecule has 0 heterocycles. The molecule has 0 radical (unpaired) electrons. The molecule has 2 N–H and O–H groups in total. The summed E-state index contributed by atoms with van der Waals surface area (Å²) in [7, 11) is 2.27. The van der Waals surface area contributed by atoms with Crippen LogP contribution in [0.4, 0.5) is 0 Å². The molecule has 0 bridgehead atoms. The van der Waals surface area contributed by atoms with Crippen molar-refractivity contribution in [3.63, 3.8) is 0 Å². The van der Waals surface area contributed by atoms with Gasteiger partial charge in [-0.1, -0.05) is 20.3 Å². The molecule has 0 saturated heterocycles. The summed E-state index contributed by atoms with van der Waals surface area (Å²) in [4.78, 5) is 2.52. The lowest BCUT2D eigenvalue weighted by Crippen LogP contribution is -2.30. The van der Waals surface area contributed by atoms with Crippen LogP contribution in [0, 0.1) is 11.3 Å². The van der Waals surface area contributed by atoms with E-state index in [0.29, 0.717) is 5.41 Å². The molecular formula is C14H30N2. The van der Waals surface area contributed by atoms with Crippen LogP contribution in [0.5, 0.6) is 0 Å². The third-order valence-corrected chi connectivity index (χ3v) is 4.01. The fraction of sp³-hybridized carbons (Fsp3) is 1.00. The molecule has 0 amide bonds. The van der Waals surface area contributed by atoms with Gasteiger partial charge < -0.3 is 10.6 Å². The Hall–Kier alpha value is -0.0800. The molecule has 1 aliphatic carbocycles. The Balaban J connectivity index is 2.04. The Bertz CT molecular complexity index is 185. The minimum absolute atomic E-state index is 0.437. The molecule has 1 aliphatic rings. The standard InChI is InChI=1S/C14H30N2/c1-14(2,9-10-15)8-5-11-16(3)12-13-6-4-7-13/h13H,4-12,15H2,1-3H3. The summed E-state index contributed by atoms with van der Waals surface area (Å²) < 4.78 is 0. The van der Waals surface area contributed by atoms with Crippen molar-refractivity contribution in [1.82, 2.24) is 4.90 Å². The number of nitrogens with zero attached hydrogens (tertiary/aromatic N) is 1. The molecular weight excluding hydrogens is 196 g/mol. The highest BCUT2D eigenvalue weighted by molar-refractivity contribution is 4.74. The predicted molar refractivity (Wildman–Crippen MR) is 71.5 cm³/mol.